The summed E-state index contributed by atoms with van der Waals surface area (Å²) in [6, 6.07) is 27.6. The molecule has 1 aliphatic heterocycles. The van der Waals surface area contributed by atoms with Crippen LogP contribution in [0.5, 0.6) is 5.75 Å². The van der Waals surface area contributed by atoms with Crippen LogP contribution in [-0.2, 0) is 14.9 Å². The summed E-state index contributed by atoms with van der Waals surface area (Å²) in [5, 5.41) is 6.41. The molecule has 38 heavy (non-hydrogen) atoms. The van der Waals surface area contributed by atoms with Crippen molar-refractivity contribution in [3.05, 3.63) is 128 Å². The Morgan fingerprint density at radius 3 is 2.03 bits per heavy atom. The maximum atomic E-state index is 13.5. The molecule has 1 aliphatic rings. The molecule has 0 spiro atoms. The number of hydrazone groups is 1. The zero-order valence-corrected chi connectivity index (χ0v) is 24.1. The van der Waals surface area contributed by atoms with Crippen molar-refractivity contribution in [1.29, 1.82) is 0 Å². The van der Waals surface area contributed by atoms with E-state index in [-0.39, 0.29) is 16.6 Å². The van der Waals surface area contributed by atoms with Crippen molar-refractivity contribution in [3.63, 3.8) is 0 Å². The lowest BCUT2D eigenvalue weighted by Crippen LogP contribution is -2.21. The molecule has 0 radical (unpaired) electrons. The molecule has 0 fully saturated rings. The fourth-order valence-electron chi connectivity index (χ4n) is 3.77. The Morgan fingerprint density at radius 1 is 0.842 bits per heavy atom. The molecule has 10 heteroatoms. The van der Waals surface area contributed by atoms with Crippen LogP contribution in [0.25, 0.3) is 6.08 Å². The highest BCUT2D eigenvalue weighted by molar-refractivity contribution is 9.11. The Hall–Kier alpha value is -3.24. The number of anilines is 1. The van der Waals surface area contributed by atoms with E-state index in [0.717, 1.165) is 5.56 Å². The standard InChI is InChI=1S/C28H17Br2ClN2O4S/c29-24-16-18(17-25(30)27(24)37-38(35,36)22-13-11-20(31)12-14-22)15-23-26(19-7-3-1-4-8-19)32-33(28(23)34)21-9-5-2-6-10-21/h1-17H/b23-15-. The molecule has 1 heterocycles. The van der Waals surface area contributed by atoms with Crippen LogP contribution in [0, 0.1) is 0 Å². The van der Waals surface area contributed by atoms with Gasteiger partial charge in [-0.15, -0.1) is 0 Å². The van der Waals surface area contributed by atoms with Gasteiger partial charge in [0.25, 0.3) is 5.91 Å². The highest BCUT2D eigenvalue weighted by Gasteiger charge is 2.32. The number of rotatable bonds is 6. The van der Waals surface area contributed by atoms with Crippen molar-refractivity contribution in [2.24, 2.45) is 5.10 Å². The topological polar surface area (TPSA) is 76.0 Å². The van der Waals surface area contributed by atoms with E-state index in [1.807, 2.05) is 60.7 Å². The van der Waals surface area contributed by atoms with Gasteiger partial charge in [-0.3, -0.25) is 4.79 Å². The Kier molecular flexibility index (Phi) is 7.54. The van der Waals surface area contributed by atoms with Gasteiger partial charge in [0, 0.05) is 10.6 Å². The molecular formula is C28H17Br2ClN2O4S. The molecule has 1 amide bonds. The van der Waals surface area contributed by atoms with Gasteiger partial charge in [0.05, 0.1) is 20.2 Å². The molecule has 190 valence electrons. The number of carbonyl (C=O) groups is 1. The number of amides is 1. The van der Waals surface area contributed by atoms with E-state index < -0.39 is 10.1 Å². The number of hydrogen-bond acceptors (Lipinski definition) is 5. The van der Waals surface area contributed by atoms with E-state index >= 15 is 0 Å². The molecular weight excluding hydrogens is 656 g/mol. The largest absolute Gasteiger partial charge is 0.377 e. The third-order valence-electron chi connectivity index (χ3n) is 5.55. The maximum absolute atomic E-state index is 13.5. The predicted octanol–water partition coefficient (Wildman–Crippen LogP) is 7.47. The Balaban J connectivity index is 1.52. The van der Waals surface area contributed by atoms with Crippen molar-refractivity contribution < 1.29 is 17.4 Å². The molecule has 0 saturated heterocycles. The van der Waals surface area contributed by atoms with Gasteiger partial charge >= 0.3 is 10.1 Å². The quantitative estimate of drug-likeness (QED) is 0.157. The molecule has 0 bridgehead atoms. The molecule has 0 aliphatic carbocycles. The lowest BCUT2D eigenvalue weighted by Gasteiger charge is -2.12. The molecule has 0 unspecified atom stereocenters. The molecule has 5 rings (SSSR count). The first-order valence-corrected chi connectivity index (χ1v) is 14.5. The van der Waals surface area contributed by atoms with Crippen LogP contribution in [0.15, 0.2) is 122 Å². The number of nitrogens with zero attached hydrogens (tertiary/aromatic N) is 2. The molecule has 0 saturated carbocycles. The molecule has 0 atom stereocenters. The van der Waals surface area contributed by atoms with Crippen molar-refractivity contribution in [2.75, 3.05) is 5.01 Å². The second-order valence-corrected chi connectivity index (χ2v) is 11.8. The van der Waals surface area contributed by atoms with Crippen LogP contribution in [0.1, 0.15) is 11.1 Å². The predicted molar refractivity (Wildman–Crippen MR) is 156 cm³/mol. The first kappa shape index (κ1) is 26.4. The van der Waals surface area contributed by atoms with Crippen molar-refractivity contribution >= 4 is 77.0 Å². The minimum absolute atomic E-state index is 0.0341. The number of benzene rings is 4. The molecule has 0 N–H and O–H groups in total. The number of carbonyl (C=O) groups excluding carboxylic acids is 1. The smallest absolute Gasteiger partial charge is 0.339 e. The monoisotopic (exact) mass is 670 g/mol. The normalized spacial score (nSPS) is 14.6. The summed E-state index contributed by atoms with van der Waals surface area (Å²) in [7, 11) is -4.12. The van der Waals surface area contributed by atoms with Crippen LogP contribution >= 0.6 is 43.5 Å². The SMILES string of the molecule is O=C1/C(=C\c2cc(Br)c(OS(=O)(=O)c3ccc(Cl)cc3)c(Br)c2)C(c2ccccc2)=NN1c1ccccc1. The lowest BCUT2D eigenvalue weighted by atomic mass is 10.0. The second-order valence-electron chi connectivity index (χ2n) is 8.13. The Morgan fingerprint density at radius 2 is 1.42 bits per heavy atom. The fourth-order valence-corrected chi connectivity index (χ4v) is 6.46. The van der Waals surface area contributed by atoms with E-state index in [0.29, 0.717) is 36.5 Å². The first-order chi connectivity index (χ1) is 18.2. The average molecular weight is 673 g/mol. The Bertz CT molecular complexity index is 1670. The third kappa shape index (κ3) is 5.47. The fraction of sp³-hybridized carbons (Fsp3) is 0. The molecule has 0 aromatic heterocycles. The highest BCUT2D eigenvalue weighted by atomic mass is 79.9. The maximum Gasteiger partial charge on any atom is 0.339 e. The Labute approximate surface area is 241 Å². The van der Waals surface area contributed by atoms with Crippen LogP contribution in [0.3, 0.4) is 0 Å². The number of hydrogen-bond donors (Lipinski definition) is 0. The van der Waals surface area contributed by atoms with Gasteiger partial charge in [-0.05, 0) is 92.0 Å². The van der Waals surface area contributed by atoms with Crippen molar-refractivity contribution in [1.82, 2.24) is 0 Å². The summed E-state index contributed by atoms with van der Waals surface area (Å²) < 4.78 is 31.8. The molecule has 6 nitrogen and oxygen atoms in total. The van der Waals surface area contributed by atoms with Gasteiger partial charge in [-0.25, -0.2) is 0 Å². The minimum Gasteiger partial charge on any atom is -0.377 e. The number of para-hydroxylation sites is 1. The minimum atomic E-state index is -4.12. The van der Waals surface area contributed by atoms with E-state index in [1.165, 1.54) is 29.3 Å². The van der Waals surface area contributed by atoms with Crippen molar-refractivity contribution in [2.45, 2.75) is 4.90 Å². The van der Waals surface area contributed by atoms with E-state index in [1.54, 1.807) is 18.2 Å². The van der Waals surface area contributed by atoms with Crippen LogP contribution in [0.2, 0.25) is 5.02 Å². The zero-order valence-electron chi connectivity index (χ0n) is 19.4. The highest BCUT2D eigenvalue weighted by Crippen LogP contribution is 2.38. The van der Waals surface area contributed by atoms with E-state index in [4.69, 9.17) is 15.8 Å². The van der Waals surface area contributed by atoms with Crippen molar-refractivity contribution in [3.8, 4) is 5.75 Å². The van der Waals surface area contributed by atoms with Gasteiger partial charge in [0.1, 0.15) is 10.6 Å². The molecule has 4 aromatic carbocycles. The summed E-state index contributed by atoms with van der Waals surface area (Å²) in [6.45, 7) is 0. The summed E-state index contributed by atoms with van der Waals surface area (Å²) in [5.41, 5.74) is 2.98. The van der Waals surface area contributed by atoms with E-state index in [9.17, 15) is 13.2 Å². The van der Waals surface area contributed by atoms with Crippen LogP contribution in [-0.4, -0.2) is 20.0 Å². The number of halogens is 3. The molecule has 4 aromatic rings. The van der Waals surface area contributed by atoms with Gasteiger partial charge in [-0.1, -0.05) is 60.1 Å². The van der Waals surface area contributed by atoms with Gasteiger partial charge in [0.15, 0.2) is 5.75 Å². The zero-order chi connectivity index (χ0) is 26.9. The van der Waals surface area contributed by atoms with Crippen LogP contribution in [0.4, 0.5) is 5.69 Å². The third-order valence-corrected chi connectivity index (χ3v) is 8.22. The second kappa shape index (κ2) is 10.9. The summed E-state index contributed by atoms with van der Waals surface area (Å²) >= 11 is 12.7. The summed E-state index contributed by atoms with van der Waals surface area (Å²) in [5.74, 6) is -0.212. The van der Waals surface area contributed by atoms with Gasteiger partial charge in [-0.2, -0.15) is 18.5 Å². The van der Waals surface area contributed by atoms with E-state index in [2.05, 4.69) is 37.0 Å². The summed E-state index contributed by atoms with van der Waals surface area (Å²) in [6.07, 6.45) is 1.71. The van der Waals surface area contributed by atoms with Crippen LogP contribution < -0.4 is 9.19 Å². The average Bonchev–Trinajstić information content (AvgIpc) is 3.23. The lowest BCUT2D eigenvalue weighted by molar-refractivity contribution is -0.114. The summed E-state index contributed by atoms with van der Waals surface area (Å²) in [4.78, 5) is 13.5. The van der Waals surface area contributed by atoms with Gasteiger partial charge in [0.2, 0.25) is 0 Å². The first-order valence-electron chi connectivity index (χ1n) is 11.2. The van der Waals surface area contributed by atoms with Gasteiger partial charge < -0.3 is 4.18 Å².